The van der Waals surface area contributed by atoms with Crippen LogP contribution in [0.4, 0.5) is 0 Å². The van der Waals surface area contributed by atoms with E-state index in [1.165, 1.54) is 6.20 Å². The first-order valence-corrected chi connectivity index (χ1v) is 5.37. The highest BCUT2D eigenvalue weighted by Crippen LogP contribution is 2.20. The minimum atomic E-state index is -0.244. The van der Waals surface area contributed by atoms with E-state index < -0.39 is 0 Å². The quantitative estimate of drug-likeness (QED) is 0.677. The highest BCUT2D eigenvalue weighted by molar-refractivity contribution is 5.78. The van der Waals surface area contributed by atoms with Crippen LogP contribution in [0.2, 0.25) is 0 Å². The minimum absolute atomic E-state index is 0.130. The highest BCUT2D eigenvalue weighted by atomic mass is 16.3. The number of benzene rings is 1. The van der Waals surface area contributed by atoms with Crippen LogP contribution in [0.1, 0.15) is 0 Å². The zero-order chi connectivity index (χ0) is 12.5. The molecule has 2 N–H and O–H groups in total. The molecule has 0 saturated heterocycles. The monoisotopic (exact) mass is 239 g/mol. The molecular weight excluding hydrogens is 230 g/mol. The lowest BCUT2D eigenvalue weighted by atomic mass is 10.2. The van der Waals surface area contributed by atoms with Crippen molar-refractivity contribution >= 4 is 10.9 Å². The van der Waals surface area contributed by atoms with E-state index in [0.29, 0.717) is 22.3 Å². The number of hydrogen-bond acceptors (Lipinski definition) is 4. The number of fused-ring (bicyclic) bond motifs is 1. The summed E-state index contributed by atoms with van der Waals surface area (Å²) in [5.41, 5.74) is 0.990. The maximum Gasteiger partial charge on any atom is 0.260 e. The van der Waals surface area contributed by atoms with Crippen LogP contribution in [0.5, 0.6) is 5.75 Å². The minimum Gasteiger partial charge on any atom is -0.508 e. The molecule has 0 spiro atoms. The number of aromatic amines is 1. The Morgan fingerprint density at radius 2 is 2.11 bits per heavy atom. The van der Waals surface area contributed by atoms with Gasteiger partial charge in [0.15, 0.2) is 0 Å². The smallest absolute Gasteiger partial charge is 0.260 e. The molecule has 0 aliphatic carbocycles. The van der Waals surface area contributed by atoms with Crippen molar-refractivity contribution in [3.8, 4) is 17.1 Å². The van der Waals surface area contributed by atoms with Crippen LogP contribution in [0.25, 0.3) is 22.3 Å². The molecular formula is C13H9N3O2. The number of rotatable bonds is 1. The van der Waals surface area contributed by atoms with Crippen molar-refractivity contribution in [2.24, 2.45) is 0 Å². The van der Waals surface area contributed by atoms with Crippen molar-refractivity contribution < 1.29 is 5.11 Å². The van der Waals surface area contributed by atoms with Gasteiger partial charge in [0, 0.05) is 18.0 Å². The number of pyridine rings is 1. The summed E-state index contributed by atoms with van der Waals surface area (Å²) in [6.07, 6.45) is 3.06. The van der Waals surface area contributed by atoms with Gasteiger partial charge in [-0.2, -0.15) is 0 Å². The summed E-state index contributed by atoms with van der Waals surface area (Å²) >= 11 is 0. The van der Waals surface area contributed by atoms with Gasteiger partial charge in [0.1, 0.15) is 11.6 Å². The number of hydrogen-bond donors (Lipinski definition) is 2. The van der Waals surface area contributed by atoms with Gasteiger partial charge in [-0.15, -0.1) is 0 Å². The molecule has 2 heterocycles. The van der Waals surface area contributed by atoms with Gasteiger partial charge < -0.3 is 10.1 Å². The van der Waals surface area contributed by atoms with Gasteiger partial charge >= 0.3 is 0 Å². The van der Waals surface area contributed by atoms with Crippen molar-refractivity contribution in [1.82, 2.24) is 15.0 Å². The normalized spacial score (nSPS) is 10.7. The Balaban J connectivity index is 2.28. The predicted octanol–water partition coefficient (Wildman–Crippen LogP) is 1.69. The summed E-state index contributed by atoms with van der Waals surface area (Å²) in [5.74, 6) is 0.555. The molecule has 0 amide bonds. The standard InChI is InChI=1S/C13H9N3O2/c17-9-3-1-2-8(6-9)12-15-11-4-5-14-7-10(11)13(18)16-12/h1-7,17H,(H,15,16,18). The Morgan fingerprint density at radius 1 is 1.22 bits per heavy atom. The summed E-state index contributed by atoms with van der Waals surface area (Å²) in [5, 5.41) is 9.87. The lowest BCUT2D eigenvalue weighted by molar-refractivity contribution is 0.475. The number of aromatic nitrogens is 3. The molecule has 0 fully saturated rings. The van der Waals surface area contributed by atoms with Crippen molar-refractivity contribution in [3.63, 3.8) is 0 Å². The summed E-state index contributed by atoms with van der Waals surface area (Å²) in [6.45, 7) is 0. The summed E-state index contributed by atoms with van der Waals surface area (Å²) < 4.78 is 0. The van der Waals surface area contributed by atoms with Gasteiger partial charge in [0.05, 0.1) is 10.9 Å². The van der Waals surface area contributed by atoms with Gasteiger partial charge in [-0.3, -0.25) is 9.78 Å². The Labute approximate surface area is 102 Å². The number of aromatic hydroxyl groups is 1. The molecule has 0 radical (unpaired) electrons. The summed E-state index contributed by atoms with van der Waals surface area (Å²) in [4.78, 5) is 22.8. The van der Waals surface area contributed by atoms with Crippen molar-refractivity contribution in [3.05, 3.63) is 53.1 Å². The molecule has 2 aromatic heterocycles. The maximum absolute atomic E-state index is 11.9. The SMILES string of the molecule is O=c1[nH]c(-c2cccc(O)c2)nc2ccncc12. The largest absolute Gasteiger partial charge is 0.508 e. The van der Waals surface area contributed by atoms with E-state index in [0.717, 1.165) is 0 Å². The fourth-order valence-corrected chi connectivity index (χ4v) is 1.77. The lowest BCUT2D eigenvalue weighted by Gasteiger charge is -2.03. The Kier molecular flexibility index (Phi) is 2.30. The van der Waals surface area contributed by atoms with Crippen molar-refractivity contribution in [2.75, 3.05) is 0 Å². The number of phenols is 1. The van der Waals surface area contributed by atoms with Crippen LogP contribution in [0, 0.1) is 0 Å². The van der Waals surface area contributed by atoms with E-state index in [4.69, 9.17) is 0 Å². The number of nitrogens with zero attached hydrogens (tertiary/aromatic N) is 2. The fraction of sp³-hybridized carbons (Fsp3) is 0. The van der Waals surface area contributed by atoms with Crippen LogP contribution in [-0.4, -0.2) is 20.1 Å². The van der Waals surface area contributed by atoms with Crippen molar-refractivity contribution in [2.45, 2.75) is 0 Å². The van der Waals surface area contributed by atoms with E-state index in [9.17, 15) is 9.90 Å². The first-order chi connectivity index (χ1) is 8.74. The molecule has 5 nitrogen and oxygen atoms in total. The maximum atomic E-state index is 11.9. The number of phenolic OH excluding ortho intramolecular Hbond substituents is 1. The zero-order valence-electron chi connectivity index (χ0n) is 9.29. The highest BCUT2D eigenvalue weighted by Gasteiger charge is 2.06. The van der Waals surface area contributed by atoms with E-state index >= 15 is 0 Å². The third-order valence-corrected chi connectivity index (χ3v) is 2.63. The second-order valence-electron chi connectivity index (χ2n) is 3.86. The first-order valence-electron chi connectivity index (χ1n) is 5.37. The Morgan fingerprint density at radius 3 is 2.94 bits per heavy atom. The third kappa shape index (κ3) is 1.71. The van der Waals surface area contributed by atoms with Crippen LogP contribution in [-0.2, 0) is 0 Å². The fourth-order valence-electron chi connectivity index (χ4n) is 1.77. The van der Waals surface area contributed by atoms with Crippen LogP contribution < -0.4 is 5.56 Å². The second-order valence-corrected chi connectivity index (χ2v) is 3.86. The van der Waals surface area contributed by atoms with Gasteiger partial charge in [-0.05, 0) is 18.2 Å². The van der Waals surface area contributed by atoms with Crippen LogP contribution in [0.15, 0.2) is 47.5 Å². The molecule has 18 heavy (non-hydrogen) atoms. The van der Waals surface area contributed by atoms with E-state index in [1.54, 1.807) is 36.5 Å². The van der Waals surface area contributed by atoms with Crippen LogP contribution in [0.3, 0.4) is 0 Å². The van der Waals surface area contributed by atoms with E-state index in [1.807, 2.05) is 0 Å². The van der Waals surface area contributed by atoms with Gasteiger partial charge in [0.25, 0.3) is 5.56 Å². The van der Waals surface area contributed by atoms with Gasteiger partial charge in [0.2, 0.25) is 0 Å². The third-order valence-electron chi connectivity index (χ3n) is 2.63. The van der Waals surface area contributed by atoms with Gasteiger partial charge in [-0.1, -0.05) is 12.1 Å². The lowest BCUT2D eigenvalue weighted by Crippen LogP contribution is -2.09. The van der Waals surface area contributed by atoms with E-state index in [-0.39, 0.29) is 11.3 Å². The second kappa shape index (κ2) is 3.96. The molecule has 0 aliphatic heterocycles. The average Bonchev–Trinajstić information content (AvgIpc) is 2.39. The molecule has 0 atom stereocenters. The number of H-pyrrole nitrogens is 1. The predicted molar refractivity (Wildman–Crippen MR) is 67.3 cm³/mol. The molecule has 5 heteroatoms. The molecule has 1 aromatic carbocycles. The topological polar surface area (TPSA) is 78.9 Å². The summed E-state index contributed by atoms with van der Waals surface area (Å²) in [7, 11) is 0. The molecule has 0 saturated carbocycles. The molecule has 88 valence electrons. The molecule has 3 aromatic rings. The molecule has 0 aliphatic rings. The van der Waals surface area contributed by atoms with E-state index in [2.05, 4.69) is 15.0 Å². The Bertz CT molecular complexity index is 780. The average molecular weight is 239 g/mol. The summed E-state index contributed by atoms with van der Waals surface area (Å²) in [6, 6.07) is 8.25. The van der Waals surface area contributed by atoms with Crippen molar-refractivity contribution in [1.29, 1.82) is 0 Å². The number of nitrogens with one attached hydrogen (secondary N) is 1. The zero-order valence-corrected chi connectivity index (χ0v) is 9.29. The first kappa shape index (κ1) is 10.5. The molecule has 0 bridgehead atoms. The van der Waals surface area contributed by atoms with Crippen LogP contribution >= 0.6 is 0 Å². The van der Waals surface area contributed by atoms with Gasteiger partial charge in [-0.25, -0.2) is 4.98 Å². The molecule has 0 unspecified atom stereocenters. The Hall–Kier alpha value is -2.69. The molecule has 3 rings (SSSR count).